The Labute approximate surface area is 118 Å². The number of benzene rings is 1. The third-order valence-corrected chi connectivity index (χ3v) is 2.97. The summed E-state index contributed by atoms with van der Waals surface area (Å²) >= 11 is 0. The van der Waals surface area contributed by atoms with E-state index in [1.54, 1.807) is 6.20 Å². The Kier molecular flexibility index (Phi) is 4.71. The predicted molar refractivity (Wildman–Crippen MR) is 78.9 cm³/mol. The Bertz CT molecular complexity index is 579. The van der Waals surface area contributed by atoms with Crippen molar-refractivity contribution in [3.8, 4) is 5.75 Å². The van der Waals surface area contributed by atoms with Crippen LogP contribution in [0, 0.1) is 6.92 Å². The maximum Gasteiger partial charge on any atom is 0.263 e. The fraction of sp³-hybridized carbons (Fsp3) is 0.250. The molecule has 1 aromatic heterocycles. The van der Waals surface area contributed by atoms with Crippen molar-refractivity contribution in [3.63, 3.8) is 0 Å². The van der Waals surface area contributed by atoms with Gasteiger partial charge in [-0.05, 0) is 42.7 Å². The summed E-state index contributed by atoms with van der Waals surface area (Å²) in [6, 6.07) is 11.5. The summed E-state index contributed by atoms with van der Waals surface area (Å²) in [5.41, 5.74) is 2.17. The summed E-state index contributed by atoms with van der Waals surface area (Å²) in [5.74, 6) is 1.05. The number of aromatic nitrogens is 1. The van der Waals surface area contributed by atoms with Gasteiger partial charge in [-0.2, -0.15) is 0 Å². The Hall–Kier alpha value is -2.36. The van der Waals surface area contributed by atoms with Crippen molar-refractivity contribution in [1.29, 1.82) is 0 Å². The van der Waals surface area contributed by atoms with Crippen LogP contribution in [0.15, 0.2) is 42.6 Å². The van der Waals surface area contributed by atoms with E-state index in [-0.39, 0.29) is 12.5 Å². The lowest BCUT2D eigenvalue weighted by Gasteiger charge is -2.08. The van der Waals surface area contributed by atoms with Gasteiger partial charge < -0.3 is 10.1 Å². The lowest BCUT2D eigenvalue weighted by molar-refractivity contribution is -0.118. The first-order valence-electron chi connectivity index (χ1n) is 6.62. The van der Waals surface area contributed by atoms with Crippen LogP contribution < -0.4 is 10.1 Å². The lowest BCUT2D eigenvalue weighted by atomic mass is 10.2. The zero-order valence-electron chi connectivity index (χ0n) is 11.7. The minimum absolute atomic E-state index is 0.0263. The van der Waals surface area contributed by atoms with Crippen LogP contribution >= 0.6 is 0 Å². The topological polar surface area (TPSA) is 51.2 Å². The smallest absolute Gasteiger partial charge is 0.263 e. The maximum atomic E-state index is 11.8. The second-order valence-electron chi connectivity index (χ2n) is 4.50. The van der Waals surface area contributed by atoms with Crippen LogP contribution in [-0.4, -0.2) is 17.5 Å². The highest BCUT2D eigenvalue weighted by Gasteiger charge is 2.06. The second kappa shape index (κ2) is 6.70. The van der Waals surface area contributed by atoms with Crippen molar-refractivity contribution in [2.24, 2.45) is 0 Å². The highest BCUT2D eigenvalue weighted by molar-refractivity contribution is 5.91. The standard InChI is InChI=1S/C16H18N2O2/c1-3-13-6-8-14(9-7-13)20-11-15(19)18-16-12(2)5-4-10-17-16/h4-10H,3,11H2,1-2H3,(H,17,18,19). The van der Waals surface area contributed by atoms with Crippen LogP contribution in [0.25, 0.3) is 0 Å². The number of carbonyl (C=O) groups excluding carboxylic acids is 1. The molecule has 0 aliphatic carbocycles. The molecule has 0 saturated heterocycles. The van der Waals surface area contributed by atoms with Crippen molar-refractivity contribution >= 4 is 11.7 Å². The minimum atomic E-state index is -0.216. The van der Waals surface area contributed by atoms with E-state index >= 15 is 0 Å². The molecular formula is C16H18N2O2. The van der Waals surface area contributed by atoms with Gasteiger partial charge in [-0.15, -0.1) is 0 Å². The summed E-state index contributed by atoms with van der Waals surface area (Å²) in [5, 5.41) is 2.73. The molecule has 0 aliphatic rings. The van der Waals surface area contributed by atoms with Gasteiger partial charge in [0.05, 0.1) is 0 Å². The number of nitrogens with one attached hydrogen (secondary N) is 1. The van der Waals surface area contributed by atoms with Gasteiger partial charge in [-0.25, -0.2) is 4.98 Å². The number of nitrogens with zero attached hydrogens (tertiary/aromatic N) is 1. The average molecular weight is 270 g/mol. The molecule has 0 saturated carbocycles. The predicted octanol–water partition coefficient (Wildman–Crippen LogP) is 2.97. The first-order chi connectivity index (χ1) is 9.69. The van der Waals surface area contributed by atoms with E-state index in [1.807, 2.05) is 43.3 Å². The second-order valence-corrected chi connectivity index (χ2v) is 4.50. The monoisotopic (exact) mass is 270 g/mol. The summed E-state index contributed by atoms with van der Waals surface area (Å²) in [4.78, 5) is 15.9. The quantitative estimate of drug-likeness (QED) is 0.908. The molecule has 1 heterocycles. The van der Waals surface area contributed by atoms with Gasteiger partial charge in [0, 0.05) is 6.20 Å². The Balaban J connectivity index is 1.87. The SMILES string of the molecule is CCc1ccc(OCC(=O)Nc2ncccc2C)cc1. The molecule has 0 aliphatic heterocycles. The average Bonchev–Trinajstić information content (AvgIpc) is 2.48. The van der Waals surface area contributed by atoms with Gasteiger partial charge in [0.15, 0.2) is 6.61 Å². The Morgan fingerprint density at radius 2 is 2.00 bits per heavy atom. The van der Waals surface area contributed by atoms with Crippen LogP contribution in [0.2, 0.25) is 0 Å². The summed E-state index contributed by atoms with van der Waals surface area (Å²) in [6.07, 6.45) is 2.63. The number of amides is 1. The van der Waals surface area contributed by atoms with Crippen molar-refractivity contribution in [2.45, 2.75) is 20.3 Å². The molecule has 0 spiro atoms. The number of pyridine rings is 1. The summed E-state index contributed by atoms with van der Waals surface area (Å²) in [7, 11) is 0. The van der Waals surface area contributed by atoms with E-state index in [2.05, 4.69) is 17.2 Å². The number of carbonyl (C=O) groups is 1. The minimum Gasteiger partial charge on any atom is -0.484 e. The molecule has 0 radical (unpaired) electrons. The molecule has 1 aromatic carbocycles. The first kappa shape index (κ1) is 14.1. The van der Waals surface area contributed by atoms with Gasteiger partial charge in [0.2, 0.25) is 0 Å². The van der Waals surface area contributed by atoms with Gasteiger partial charge in [-0.1, -0.05) is 25.1 Å². The normalized spacial score (nSPS) is 10.1. The number of hydrogen-bond acceptors (Lipinski definition) is 3. The highest BCUT2D eigenvalue weighted by atomic mass is 16.5. The number of aryl methyl sites for hydroxylation is 2. The molecule has 4 nitrogen and oxygen atoms in total. The summed E-state index contributed by atoms with van der Waals surface area (Å²) < 4.78 is 5.44. The lowest BCUT2D eigenvalue weighted by Crippen LogP contribution is -2.21. The van der Waals surface area contributed by atoms with E-state index in [1.165, 1.54) is 5.56 Å². The number of hydrogen-bond donors (Lipinski definition) is 1. The molecule has 0 atom stereocenters. The molecule has 0 fully saturated rings. The molecule has 0 bridgehead atoms. The van der Waals surface area contributed by atoms with Crippen LogP contribution in [-0.2, 0) is 11.2 Å². The molecule has 4 heteroatoms. The molecular weight excluding hydrogens is 252 g/mol. The zero-order valence-corrected chi connectivity index (χ0v) is 11.7. The highest BCUT2D eigenvalue weighted by Crippen LogP contribution is 2.13. The Morgan fingerprint density at radius 1 is 1.25 bits per heavy atom. The van der Waals surface area contributed by atoms with E-state index in [0.29, 0.717) is 11.6 Å². The van der Waals surface area contributed by atoms with Crippen LogP contribution in [0.1, 0.15) is 18.1 Å². The van der Waals surface area contributed by atoms with Gasteiger partial charge in [0.1, 0.15) is 11.6 Å². The van der Waals surface area contributed by atoms with E-state index in [9.17, 15) is 4.79 Å². The van der Waals surface area contributed by atoms with Gasteiger partial charge in [0.25, 0.3) is 5.91 Å². The largest absolute Gasteiger partial charge is 0.484 e. The van der Waals surface area contributed by atoms with Crippen molar-refractivity contribution < 1.29 is 9.53 Å². The molecule has 104 valence electrons. The van der Waals surface area contributed by atoms with Crippen molar-refractivity contribution in [1.82, 2.24) is 4.98 Å². The first-order valence-corrected chi connectivity index (χ1v) is 6.62. The van der Waals surface area contributed by atoms with E-state index in [0.717, 1.165) is 12.0 Å². The van der Waals surface area contributed by atoms with Crippen LogP contribution in [0.3, 0.4) is 0 Å². The summed E-state index contributed by atoms with van der Waals surface area (Å²) in [6.45, 7) is 3.97. The number of anilines is 1. The van der Waals surface area contributed by atoms with Crippen molar-refractivity contribution in [3.05, 3.63) is 53.7 Å². The van der Waals surface area contributed by atoms with Crippen LogP contribution in [0.4, 0.5) is 5.82 Å². The fourth-order valence-electron chi connectivity index (χ4n) is 1.75. The third-order valence-electron chi connectivity index (χ3n) is 2.97. The zero-order chi connectivity index (χ0) is 14.4. The maximum absolute atomic E-state index is 11.8. The molecule has 1 N–H and O–H groups in total. The third kappa shape index (κ3) is 3.82. The fourth-order valence-corrected chi connectivity index (χ4v) is 1.75. The molecule has 2 aromatic rings. The molecule has 1 amide bonds. The number of rotatable bonds is 5. The van der Waals surface area contributed by atoms with E-state index in [4.69, 9.17) is 4.74 Å². The molecule has 0 unspecified atom stereocenters. The van der Waals surface area contributed by atoms with Crippen LogP contribution in [0.5, 0.6) is 5.75 Å². The van der Waals surface area contributed by atoms with Gasteiger partial charge >= 0.3 is 0 Å². The Morgan fingerprint density at radius 3 is 2.65 bits per heavy atom. The van der Waals surface area contributed by atoms with Gasteiger partial charge in [-0.3, -0.25) is 4.79 Å². The molecule has 2 rings (SSSR count). The molecule has 20 heavy (non-hydrogen) atoms. The van der Waals surface area contributed by atoms with Crippen molar-refractivity contribution in [2.75, 3.05) is 11.9 Å². The number of ether oxygens (including phenoxy) is 1. The van der Waals surface area contributed by atoms with E-state index < -0.39 is 0 Å².